The van der Waals surface area contributed by atoms with Crippen LogP contribution in [0.3, 0.4) is 0 Å². The molecule has 2 rings (SSSR count). The van der Waals surface area contributed by atoms with Gasteiger partial charge in [0.2, 0.25) is 0 Å². The lowest BCUT2D eigenvalue weighted by Crippen LogP contribution is -2.22. The Hall–Kier alpha value is -1.06. The quantitative estimate of drug-likeness (QED) is 0.849. The van der Waals surface area contributed by atoms with E-state index in [0.717, 1.165) is 12.2 Å². The number of hydrogen-bond donors (Lipinski definition) is 1. The first-order chi connectivity index (χ1) is 8.29. The van der Waals surface area contributed by atoms with Crippen LogP contribution in [0.25, 0.3) is 0 Å². The van der Waals surface area contributed by atoms with Gasteiger partial charge >= 0.3 is 0 Å². The Morgan fingerprint density at radius 1 is 1.18 bits per heavy atom. The molecule has 1 N–H and O–H groups in total. The Labute approximate surface area is 102 Å². The van der Waals surface area contributed by atoms with Crippen LogP contribution in [0.4, 0.5) is 0 Å². The van der Waals surface area contributed by atoms with Gasteiger partial charge in [-0.3, -0.25) is 0 Å². The fraction of sp³-hybridized carbons (Fsp3) is 0.571. The highest BCUT2D eigenvalue weighted by atomic mass is 16.5. The van der Waals surface area contributed by atoms with Gasteiger partial charge < -0.3 is 14.6 Å². The van der Waals surface area contributed by atoms with Crippen molar-refractivity contribution < 1.29 is 14.6 Å². The molecule has 1 aromatic carbocycles. The molecule has 1 unspecified atom stereocenters. The third-order valence-corrected chi connectivity index (χ3v) is 3.12. The number of ether oxygens (including phenoxy) is 2. The molecule has 0 aliphatic heterocycles. The summed E-state index contributed by atoms with van der Waals surface area (Å²) in [6.45, 7) is 0.595. The van der Waals surface area contributed by atoms with Crippen LogP contribution in [0.5, 0.6) is 5.75 Å². The molecule has 1 atom stereocenters. The van der Waals surface area contributed by atoms with E-state index in [-0.39, 0.29) is 6.61 Å². The summed E-state index contributed by atoms with van der Waals surface area (Å²) in [5.74, 6) is 0.848. The van der Waals surface area contributed by atoms with Crippen molar-refractivity contribution in [3.63, 3.8) is 0 Å². The van der Waals surface area contributed by atoms with Crippen molar-refractivity contribution in [1.29, 1.82) is 0 Å². The maximum Gasteiger partial charge on any atom is 0.119 e. The zero-order chi connectivity index (χ0) is 12.1. The van der Waals surface area contributed by atoms with Gasteiger partial charge in [-0.1, -0.05) is 6.07 Å². The van der Waals surface area contributed by atoms with Gasteiger partial charge in [-0.15, -0.1) is 0 Å². The summed E-state index contributed by atoms with van der Waals surface area (Å²) in [5.41, 5.74) is 2.84. The minimum Gasteiger partial charge on any atom is -0.491 e. The zero-order valence-electron chi connectivity index (χ0n) is 10.3. The van der Waals surface area contributed by atoms with Crippen LogP contribution in [-0.2, 0) is 17.6 Å². The first-order valence-corrected chi connectivity index (χ1v) is 6.21. The monoisotopic (exact) mass is 236 g/mol. The molecule has 3 heteroatoms. The van der Waals surface area contributed by atoms with E-state index < -0.39 is 6.10 Å². The lowest BCUT2D eigenvalue weighted by atomic mass is 9.92. The minimum atomic E-state index is -0.559. The molecular weight excluding hydrogens is 216 g/mol. The Kier molecular flexibility index (Phi) is 4.40. The van der Waals surface area contributed by atoms with Gasteiger partial charge in [0.05, 0.1) is 6.61 Å². The predicted molar refractivity (Wildman–Crippen MR) is 66.5 cm³/mol. The van der Waals surface area contributed by atoms with E-state index in [1.807, 2.05) is 6.07 Å². The van der Waals surface area contributed by atoms with Crippen LogP contribution >= 0.6 is 0 Å². The van der Waals surface area contributed by atoms with Crippen LogP contribution in [0.15, 0.2) is 18.2 Å². The van der Waals surface area contributed by atoms with Gasteiger partial charge in [-0.2, -0.15) is 0 Å². The number of fused-ring (bicyclic) bond motifs is 1. The molecule has 3 nitrogen and oxygen atoms in total. The van der Waals surface area contributed by atoms with Gasteiger partial charge in [0.25, 0.3) is 0 Å². The Morgan fingerprint density at radius 2 is 1.94 bits per heavy atom. The molecule has 0 spiro atoms. The SMILES string of the molecule is COCC(O)COc1ccc2c(c1)CCCC2. The maximum atomic E-state index is 9.50. The molecule has 1 aliphatic rings. The number of methoxy groups -OCH3 is 1. The predicted octanol–water partition coefficient (Wildman–Crippen LogP) is 1.95. The van der Waals surface area contributed by atoms with E-state index in [2.05, 4.69) is 12.1 Å². The molecule has 1 aliphatic carbocycles. The molecule has 94 valence electrons. The summed E-state index contributed by atoms with van der Waals surface area (Å²) >= 11 is 0. The fourth-order valence-electron chi connectivity index (χ4n) is 2.23. The Bertz CT molecular complexity index is 362. The van der Waals surface area contributed by atoms with Crippen molar-refractivity contribution in [2.45, 2.75) is 31.8 Å². The highest BCUT2D eigenvalue weighted by Gasteiger charge is 2.10. The lowest BCUT2D eigenvalue weighted by Gasteiger charge is -2.17. The third kappa shape index (κ3) is 3.45. The molecule has 0 aromatic heterocycles. The summed E-state index contributed by atoms with van der Waals surface area (Å²) < 4.78 is 10.4. The van der Waals surface area contributed by atoms with Crippen LogP contribution < -0.4 is 4.74 Å². The molecule has 0 amide bonds. The molecule has 0 heterocycles. The van der Waals surface area contributed by atoms with E-state index in [9.17, 15) is 5.11 Å². The average molecular weight is 236 g/mol. The van der Waals surface area contributed by atoms with Crippen LogP contribution in [0, 0.1) is 0 Å². The molecule has 1 aromatic rings. The molecular formula is C14H20O3. The van der Waals surface area contributed by atoms with E-state index >= 15 is 0 Å². The van der Waals surface area contributed by atoms with E-state index in [0.29, 0.717) is 6.61 Å². The standard InChI is InChI=1S/C14H20O3/c1-16-9-13(15)10-17-14-7-6-11-4-2-3-5-12(11)8-14/h6-8,13,15H,2-5,9-10H2,1H3. The summed E-state index contributed by atoms with van der Waals surface area (Å²) in [5, 5.41) is 9.50. The third-order valence-electron chi connectivity index (χ3n) is 3.12. The highest BCUT2D eigenvalue weighted by molar-refractivity contribution is 5.37. The van der Waals surface area contributed by atoms with Crippen molar-refractivity contribution >= 4 is 0 Å². The molecule has 17 heavy (non-hydrogen) atoms. The van der Waals surface area contributed by atoms with Crippen molar-refractivity contribution in [2.75, 3.05) is 20.3 Å². The van der Waals surface area contributed by atoms with Gasteiger partial charge in [0, 0.05) is 7.11 Å². The smallest absolute Gasteiger partial charge is 0.119 e. The first-order valence-electron chi connectivity index (χ1n) is 6.21. The normalized spacial score (nSPS) is 16.4. The summed E-state index contributed by atoms with van der Waals surface area (Å²) in [7, 11) is 1.57. The maximum absolute atomic E-state index is 9.50. The van der Waals surface area contributed by atoms with Crippen molar-refractivity contribution in [2.24, 2.45) is 0 Å². The number of aliphatic hydroxyl groups is 1. The van der Waals surface area contributed by atoms with Gasteiger partial charge in [0.15, 0.2) is 0 Å². The van der Waals surface area contributed by atoms with Crippen LogP contribution in [0.2, 0.25) is 0 Å². The number of hydrogen-bond acceptors (Lipinski definition) is 3. The van der Waals surface area contributed by atoms with Gasteiger partial charge in [-0.05, 0) is 48.9 Å². The van der Waals surface area contributed by atoms with Crippen LogP contribution in [-0.4, -0.2) is 31.5 Å². The van der Waals surface area contributed by atoms with E-state index in [1.165, 1.54) is 30.4 Å². The Balaban J connectivity index is 1.93. The number of aryl methyl sites for hydroxylation is 2. The largest absolute Gasteiger partial charge is 0.491 e. The van der Waals surface area contributed by atoms with Gasteiger partial charge in [-0.25, -0.2) is 0 Å². The van der Waals surface area contributed by atoms with E-state index in [1.54, 1.807) is 7.11 Å². The van der Waals surface area contributed by atoms with Crippen molar-refractivity contribution in [1.82, 2.24) is 0 Å². The topological polar surface area (TPSA) is 38.7 Å². The zero-order valence-corrected chi connectivity index (χ0v) is 10.3. The molecule has 0 saturated carbocycles. The molecule has 0 bridgehead atoms. The van der Waals surface area contributed by atoms with Crippen LogP contribution in [0.1, 0.15) is 24.0 Å². The number of aliphatic hydroxyl groups excluding tert-OH is 1. The van der Waals surface area contributed by atoms with Gasteiger partial charge in [0.1, 0.15) is 18.5 Å². The van der Waals surface area contributed by atoms with Crippen molar-refractivity contribution in [3.8, 4) is 5.75 Å². The minimum absolute atomic E-state index is 0.284. The average Bonchev–Trinajstić information content (AvgIpc) is 2.36. The second kappa shape index (κ2) is 6.03. The summed E-state index contributed by atoms with van der Waals surface area (Å²) in [6.07, 6.45) is 4.33. The fourth-order valence-corrected chi connectivity index (χ4v) is 2.23. The number of rotatable bonds is 5. The molecule has 0 saturated heterocycles. The lowest BCUT2D eigenvalue weighted by molar-refractivity contribution is 0.0325. The highest BCUT2D eigenvalue weighted by Crippen LogP contribution is 2.25. The Morgan fingerprint density at radius 3 is 2.71 bits per heavy atom. The summed E-state index contributed by atoms with van der Waals surface area (Å²) in [4.78, 5) is 0. The molecule has 0 radical (unpaired) electrons. The van der Waals surface area contributed by atoms with Crippen molar-refractivity contribution in [3.05, 3.63) is 29.3 Å². The second-order valence-electron chi connectivity index (χ2n) is 4.56. The second-order valence-corrected chi connectivity index (χ2v) is 4.56. The summed E-state index contributed by atoms with van der Waals surface area (Å²) in [6, 6.07) is 6.24. The first kappa shape index (κ1) is 12.4. The molecule has 0 fully saturated rings. The van der Waals surface area contributed by atoms with E-state index in [4.69, 9.17) is 9.47 Å². The number of benzene rings is 1.